The molecule has 0 atom stereocenters. The lowest BCUT2D eigenvalue weighted by atomic mass is 10.0. The average Bonchev–Trinajstić information content (AvgIpc) is 1.84. The van der Waals surface area contributed by atoms with Gasteiger partial charge in [0.05, 0.1) is 0 Å². The van der Waals surface area contributed by atoms with Crippen LogP contribution in [0.15, 0.2) is 11.1 Å². The van der Waals surface area contributed by atoms with Crippen molar-refractivity contribution in [3.8, 4) is 0 Å². The number of hydrogen-bond donors (Lipinski definition) is 1. The van der Waals surface area contributed by atoms with E-state index in [-0.39, 0.29) is 0 Å². The Labute approximate surface area is 57.9 Å². The van der Waals surface area contributed by atoms with Gasteiger partial charge in [-0.05, 0) is 19.8 Å². The fraction of sp³-hybridized carbons (Fsp3) is 0.750. The maximum atomic E-state index is 5.45. The van der Waals surface area contributed by atoms with Crippen LogP contribution in [-0.4, -0.2) is 6.54 Å². The molecule has 0 rings (SSSR count). The Morgan fingerprint density at radius 1 is 1.33 bits per heavy atom. The van der Waals surface area contributed by atoms with Crippen molar-refractivity contribution in [1.29, 1.82) is 0 Å². The number of rotatable bonds is 2. The van der Waals surface area contributed by atoms with E-state index in [4.69, 9.17) is 5.73 Å². The van der Waals surface area contributed by atoms with Crippen LogP contribution in [0.5, 0.6) is 0 Å². The first-order valence-corrected chi connectivity index (χ1v) is 3.46. The molecule has 1 heteroatoms. The molecule has 0 aliphatic heterocycles. The predicted molar refractivity (Wildman–Crippen MR) is 42.3 cm³/mol. The molecule has 0 spiro atoms. The van der Waals surface area contributed by atoms with Crippen LogP contribution in [-0.2, 0) is 0 Å². The molecule has 9 heavy (non-hydrogen) atoms. The second-order valence-corrected chi connectivity index (χ2v) is 2.82. The fourth-order valence-electron chi connectivity index (χ4n) is 0.654. The van der Waals surface area contributed by atoms with Gasteiger partial charge in [-0.2, -0.15) is 0 Å². The van der Waals surface area contributed by atoms with Gasteiger partial charge < -0.3 is 5.73 Å². The summed E-state index contributed by atoms with van der Waals surface area (Å²) in [5.41, 5.74) is 8.21. The second-order valence-electron chi connectivity index (χ2n) is 2.82. The largest absolute Gasteiger partial charge is 0.327 e. The highest BCUT2D eigenvalue weighted by Crippen LogP contribution is 2.11. The summed E-state index contributed by atoms with van der Waals surface area (Å²) < 4.78 is 0. The van der Waals surface area contributed by atoms with Gasteiger partial charge in [-0.15, -0.1) is 0 Å². The van der Waals surface area contributed by atoms with Gasteiger partial charge in [0, 0.05) is 6.54 Å². The SMILES string of the molecule is C/C(CN)=C(/C)C(C)C. The zero-order chi connectivity index (χ0) is 7.44. The van der Waals surface area contributed by atoms with E-state index >= 15 is 0 Å². The highest BCUT2D eigenvalue weighted by Gasteiger charge is 1.98. The highest BCUT2D eigenvalue weighted by atomic mass is 14.5. The molecular formula is C8H17N. The summed E-state index contributed by atoms with van der Waals surface area (Å²) in [5, 5.41) is 0. The van der Waals surface area contributed by atoms with Crippen molar-refractivity contribution in [3.63, 3.8) is 0 Å². The molecule has 1 nitrogen and oxygen atoms in total. The molecule has 0 fully saturated rings. The fourth-order valence-corrected chi connectivity index (χ4v) is 0.654. The van der Waals surface area contributed by atoms with Gasteiger partial charge in [0.25, 0.3) is 0 Å². The summed E-state index contributed by atoms with van der Waals surface area (Å²) in [7, 11) is 0. The third kappa shape index (κ3) is 2.66. The van der Waals surface area contributed by atoms with Gasteiger partial charge >= 0.3 is 0 Å². The van der Waals surface area contributed by atoms with Crippen molar-refractivity contribution in [3.05, 3.63) is 11.1 Å². The third-order valence-electron chi connectivity index (χ3n) is 1.85. The monoisotopic (exact) mass is 127 g/mol. The number of hydrogen-bond acceptors (Lipinski definition) is 1. The quantitative estimate of drug-likeness (QED) is 0.564. The van der Waals surface area contributed by atoms with Crippen LogP contribution in [0, 0.1) is 5.92 Å². The minimum atomic E-state index is 0.647. The van der Waals surface area contributed by atoms with Gasteiger partial charge in [0.15, 0.2) is 0 Å². The van der Waals surface area contributed by atoms with Crippen LogP contribution in [0.1, 0.15) is 27.7 Å². The molecule has 0 heterocycles. The first-order valence-electron chi connectivity index (χ1n) is 3.46. The molecule has 0 unspecified atom stereocenters. The number of nitrogens with two attached hydrogens (primary N) is 1. The maximum Gasteiger partial charge on any atom is 0.0136 e. The average molecular weight is 127 g/mol. The van der Waals surface area contributed by atoms with Crippen LogP contribution < -0.4 is 5.73 Å². The molecule has 0 bridgehead atoms. The van der Waals surface area contributed by atoms with Gasteiger partial charge in [-0.25, -0.2) is 0 Å². The summed E-state index contributed by atoms with van der Waals surface area (Å²) in [4.78, 5) is 0. The van der Waals surface area contributed by atoms with Crippen LogP contribution in [0.25, 0.3) is 0 Å². The summed E-state index contributed by atoms with van der Waals surface area (Å²) in [6.45, 7) is 9.31. The third-order valence-corrected chi connectivity index (χ3v) is 1.85. The van der Waals surface area contributed by atoms with Crippen molar-refractivity contribution >= 4 is 0 Å². The summed E-state index contributed by atoms with van der Waals surface area (Å²) in [6.07, 6.45) is 0. The molecule has 0 aromatic rings. The van der Waals surface area contributed by atoms with Crippen molar-refractivity contribution < 1.29 is 0 Å². The van der Waals surface area contributed by atoms with E-state index in [1.165, 1.54) is 11.1 Å². The van der Waals surface area contributed by atoms with E-state index in [1.807, 2.05) is 0 Å². The minimum absolute atomic E-state index is 0.647. The lowest BCUT2D eigenvalue weighted by molar-refractivity contribution is 0.751. The maximum absolute atomic E-state index is 5.45. The van der Waals surface area contributed by atoms with Crippen LogP contribution in [0.3, 0.4) is 0 Å². The second kappa shape index (κ2) is 3.67. The van der Waals surface area contributed by atoms with E-state index in [0.29, 0.717) is 12.5 Å². The Balaban J connectivity index is 4.10. The van der Waals surface area contributed by atoms with E-state index in [1.54, 1.807) is 0 Å². The molecule has 0 saturated carbocycles. The van der Waals surface area contributed by atoms with E-state index in [0.717, 1.165) is 0 Å². The van der Waals surface area contributed by atoms with Gasteiger partial charge in [0.1, 0.15) is 0 Å². The zero-order valence-corrected chi connectivity index (χ0v) is 6.86. The Bertz CT molecular complexity index is 112. The predicted octanol–water partition coefficient (Wildman–Crippen LogP) is 1.94. The van der Waals surface area contributed by atoms with Crippen LogP contribution in [0.4, 0.5) is 0 Å². The Morgan fingerprint density at radius 3 is 1.89 bits per heavy atom. The lowest BCUT2D eigenvalue weighted by Crippen LogP contribution is -2.04. The first-order chi connectivity index (χ1) is 4.09. The smallest absolute Gasteiger partial charge is 0.0136 e. The van der Waals surface area contributed by atoms with Crippen molar-refractivity contribution in [2.45, 2.75) is 27.7 Å². The van der Waals surface area contributed by atoms with Gasteiger partial charge in [-0.1, -0.05) is 25.0 Å². The summed E-state index contributed by atoms with van der Waals surface area (Å²) in [6, 6.07) is 0. The topological polar surface area (TPSA) is 26.0 Å². The van der Waals surface area contributed by atoms with Crippen LogP contribution in [0.2, 0.25) is 0 Å². The van der Waals surface area contributed by atoms with E-state index in [2.05, 4.69) is 27.7 Å². The number of allylic oxidation sites excluding steroid dienone is 1. The minimum Gasteiger partial charge on any atom is -0.327 e. The molecule has 0 saturated heterocycles. The molecule has 2 N–H and O–H groups in total. The summed E-state index contributed by atoms with van der Waals surface area (Å²) >= 11 is 0. The van der Waals surface area contributed by atoms with Crippen LogP contribution >= 0.6 is 0 Å². The molecule has 0 radical (unpaired) electrons. The standard InChI is InChI=1S/C8H17N/c1-6(2)8(4)7(3)5-9/h6H,5,9H2,1-4H3/b8-7+. The Morgan fingerprint density at radius 2 is 1.78 bits per heavy atom. The van der Waals surface area contributed by atoms with Crippen molar-refractivity contribution in [1.82, 2.24) is 0 Å². The zero-order valence-electron chi connectivity index (χ0n) is 6.86. The van der Waals surface area contributed by atoms with Crippen molar-refractivity contribution in [2.75, 3.05) is 6.54 Å². The molecule has 0 aliphatic rings. The molecular weight excluding hydrogens is 110 g/mol. The highest BCUT2D eigenvalue weighted by molar-refractivity contribution is 5.12. The molecule has 0 aromatic carbocycles. The molecule has 0 aromatic heterocycles. The van der Waals surface area contributed by atoms with Crippen molar-refractivity contribution in [2.24, 2.45) is 11.7 Å². The Kier molecular flexibility index (Phi) is 3.55. The molecule has 0 amide bonds. The van der Waals surface area contributed by atoms with Gasteiger partial charge in [0.2, 0.25) is 0 Å². The first kappa shape index (κ1) is 8.70. The lowest BCUT2D eigenvalue weighted by Gasteiger charge is -2.08. The Hall–Kier alpha value is -0.300. The normalized spacial score (nSPS) is 14.0. The molecule has 54 valence electrons. The summed E-state index contributed by atoms with van der Waals surface area (Å²) in [5.74, 6) is 0.647. The van der Waals surface area contributed by atoms with E-state index < -0.39 is 0 Å². The van der Waals surface area contributed by atoms with E-state index in [9.17, 15) is 0 Å². The molecule has 0 aliphatic carbocycles. The van der Waals surface area contributed by atoms with Gasteiger partial charge in [-0.3, -0.25) is 0 Å².